The number of unbranched alkanes of at least 4 members (excludes halogenated alkanes) is 2. The van der Waals surface area contributed by atoms with Crippen LogP contribution in [0.2, 0.25) is 0 Å². The van der Waals surface area contributed by atoms with Gasteiger partial charge in [-0.05, 0) is 25.7 Å². The molecule has 0 atom stereocenters. The van der Waals surface area contributed by atoms with Crippen molar-refractivity contribution >= 4 is 12.6 Å². The summed E-state index contributed by atoms with van der Waals surface area (Å²) in [5, 5.41) is 0. The van der Waals surface area contributed by atoms with Gasteiger partial charge in [0.2, 0.25) is 0 Å². The summed E-state index contributed by atoms with van der Waals surface area (Å²) >= 11 is 4.81. The van der Waals surface area contributed by atoms with Crippen molar-refractivity contribution in [1.82, 2.24) is 0 Å². The fourth-order valence-corrected chi connectivity index (χ4v) is 0.853. The van der Waals surface area contributed by atoms with E-state index in [1.54, 1.807) is 0 Å². The van der Waals surface area contributed by atoms with Crippen molar-refractivity contribution < 1.29 is 0 Å². The van der Waals surface area contributed by atoms with Crippen LogP contribution in [0.4, 0.5) is 0 Å². The van der Waals surface area contributed by atoms with E-state index in [9.17, 15) is 0 Å². The fourth-order valence-electron chi connectivity index (χ4n) is 0.649. The second kappa shape index (κ2) is 8.09. The van der Waals surface area contributed by atoms with Gasteiger partial charge in [0, 0.05) is 5.75 Å². The third kappa shape index (κ3) is 8.09. The lowest BCUT2D eigenvalue weighted by Gasteiger charge is -1.88. The summed E-state index contributed by atoms with van der Waals surface area (Å²) in [5.41, 5.74) is 0. The van der Waals surface area contributed by atoms with Crippen molar-refractivity contribution in [1.29, 1.82) is 0 Å². The Morgan fingerprint density at radius 3 is 2.56 bits per heavy atom. The van der Waals surface area contributed by atoms with E-state index < -0.39 is 0 Å². The first-order valence-electron chi connectivity index (χ1n) is 3.65. The predicted octanol–water partition coefficient (Wildman–Crippen LogP) is 3.32. The monoisotopic (exact) mass is 143 g/mol. The van der Waals surface area contributed by atoms with Crippen LogP contribution in [0.15, 0.2) is 12.2 Å². The van der Waals surface area contributed by atoms with Gasteiger partial charge in [-0.25, -0.2) is 0 Å². The molecule has 0 aliphatic heterocycles. The molecule has 0 unspecified atom stereocenters. The van der Waals surface area contributed by atoms with Gasteiger partial charge >= 0.3 is 0 Å². The highest BCUT2D eigenvalue weighted by atomic mass is 32.1. The van der Waals surface area contributed by atoms with Crippen molar-refractivity contribution in [3.8, 4) is 0 Å². The summed E-state index contributed by atoms with van der Waals surface area (Å²) in [6.07, 6.45) is 9.29. The zero-order valence-corrected chi connectivity index (χ0v) is 6.91. The van der Waals surface area contributed by atoms with Crippen LogP contribution in [-0.2, 0) is 0 Å². The third-order valence-electron chi connectivity index (χ3n) is 1.17. The van der Waals surface area contributed by atoms with Crippen LogP contribution >= 0.6 is 12.6 Å². The Hall–Kier alpha value is 0.0900. The molecule has 0 spiro atoms. The van der Waals surface area contributed by atoms with Gasteiger partial charge in [0.15, 0.2) is 0 Å². The number of rotatable bonds is 5. The average Bonchev–Trinajstić information content (AvgIpc) is 1.89. The molecule has 0 aromatic rings. The minimum absolute atomic E-state index is 0.917. The molecule has 0 rings (SSSR count). The molecule has 0 bridgehead atoms. The summed E-state index contributed by atoms with van der Waals surface area (Å²) in [5.74, 6) is 0.917. The van der Waals surface area contributed by atoms with E-state index in [1.807, 2.05) is 0 Å². The van der Waals surface area contributed by atoms with Crippen LogP contribution in [0, 0.1) is 0 Å². The van der Waals surface area contributed by atoms with Crippen molar-refractivity contribution in [3.63, 3.8) is 0 Å². The molecule has 9 heavy (non-hydrogen) atoms. The van der Waals surface area contributed by atoms with Gasteiger partial charge in [-0.2, -0.15) is 0 Å². The van der Waals surface area contributed by atoms with Gasteiger partial charge in [-0.3, -0.25) is 0 Å². The maximum Gasteiger partial charge on any atom is 0.00370 e. The van der Waals surface area contributed by atoms with Gasteiger partial charge in [0.05, 0.1) is 0 Å². The predicted molar refractivity (Wildman–Crippen MR) is 45.7 cm³/mol. The first-order valence-corrected chi connectivity index (χ1v) is 4.22. The largest absolute Gasteiger partial charge is 0.0942 e. The van der Waals surface area contributed by atoms with E-state index in [0.717, 1.165) is 12.2 Å². The Bertz CT molecular complexity index is 67.0. The molecule has 0 saturated carbocycles. The van der Waals surface area contributed by atoms with Crippen LogP contribution in [0.25, 0.3) is 0 Å². The molecule has 0 aliphatic rings. The molecule has 0 amide bonds. The third-order valence-corrected chi connectivity index (χ3v) is 1.46. The molecule has 1 radical (unpaired) electrons. The van der Waals surface area contributed by atoms with Crippen LogP contribution in [0.1, 0.15) is 32.6 Å². The second-order valence-electron chi connectivity index (χ2n) is 2.08. The lowest BCUT2D eigenvalue weighted by molar-refractivity contribution is 0.822. The zero-order valence-electron chi connectivity index (χ0n) is 6.10. The number of allylic oxidation sites excluding steroid dienone is 2. The average molecular weight is 143 g/mol. The molecule has 0 heterocycles. The molecule has 0 N–H and O–H groups in total. The van der Waals surface area contributed by atoms with Crippen LogP contribution in [0.3, 0.4) is 0 Å². The summed E-state index contributed by atoms with van der Waals surface area (Å²) in [4.78, 5) is 0. The molecular formula is C8H15S. The molecule has 0 saturated heterocycles. The Labute approximate surface area is 63.8 Å². The van der Waals surface area contributed by atoms with E-state index >= 15 is 0 Å². The Morgan fingerprint density at radius 2 is 2.00 bits per heavy atom. The summed E-state index contributed by atoms with van der Waals surface area (Å²) in [6.45, 7) is 2.16. The lowest BCUT2D eigenvalue weighted by Crippen LogP contribution is -1.73. The molecule has 53 valence electrons. The smallest absolute Gasteiger partial charge is 0.00370 e. The summed E-state index contributed by atoms with van der Waals surface area (Å²) in [7, 11) is 0. The van der Waals surface area contributed by atoms with Crippen LogP contribution in [-0.4, -0.2) is 5.75 Å². The van der Waals surface area contributed by atoms with Gasteiger partial charge in [-0.15, -0.1) is 0 Å². The highest BCUT2D eigenvalue weighted by Gasteiger charge is 1.80. The maximum absolute atomic E-state index is 4.81. The zero-order chi connectivity index (χ0) is 6.95. The van der Waals surface area contributed by atoms with E-state index in [-0.39, 0.29) is 0 Å². The molecule has 0 aromatic carbocycles. The highest BCUT2D eigenvalue weighted by molar-refractivity contribution is 7.80. The van der Waals surface area contributed by atoms with Crippen LogP contribution in [0.5, 0.6) is 0 Å². The van der Waals surface area contributed by atoms with Gasteiger partial charge < -0.3 is 0 Å². The minimum atomic E-state index is 0.917. The van der Waals surface area contributed by atoms with Gasteiger partial charge in [0.1, 0.15) is 0 Å². The lowest BCUT2D eigenvalue weighted by atomic mass is 10.2. The summed E-state index contributed by atoms with van der Waals surface area (Å²) in [6, 6.07) is 0. The molecule has 0 nitrogen and oxygen atoms in total. The Balaban J connectivity index is 2.82. The molecule has 0 aromatic heterocycles. The first-order chi connectivity index (χ1) is 4.41. The minimum Gasteiger partial charge on any atom is -0.0942 e. The highest BCUT2D eigenvalue weighted by Crippen LogP contribution is 1.97. The molecule has 0 aliphatic carbocycles. The first kappa shape index (κ1) is 9.09. The topological polar surface area (TPSA) is 0 Å². The SMILES string of the molecule is CC/C=C\CCCC[S]. The van der Waals surface area contributed by atoms with E-state index in [4.69, 9.17) is 12.6 Å². The number of hydrogen-bond acceptors (Lipinski definition) is 0. The van der Waals surface area contributed by atoms with Crippen molar-refractivity contribution in [2.45, 2.75) is 32.6 Å². The Morgan fingerprint density at radius 1 is 1.22 bits per heavy atom. The maximum atomic E-state index is 4.81. The van der Waals surface area contributed by atoms with E-state index in [0.29, 0.717) is 0 Å². The summed E-state index contributed by atoms with van der Waals surface area (Å²) < 4.78 is 0. The van der Waals surface area contributed by atoms with E-state index in [1.165, 1.54) is 19.3 Å². The molecule has 0 fully saturated rings. The van der Waals surface area contributed by atoms with E-state index in [2.05, 4.69) is 19.1 Å². The number of hydrogen-bond donors (Lipinski definition) is 0. The van der Waals surface area contributed by atoms with Gasteiger partial charge in [-0.1, -0.05) is 31.7 Å². The van der Waals surface area contributed by atoms with Crippen molar-refractivity contribution in [2.24, 2.45) is 0 Å². The van der Waals surface area contributed by atoms with Crippen molar-refractivity contribution in [3.05, 3.63) is 12.2 Å². The van der Waals surface area contributed by atoms with Crippen molar-refractivity contribution in [2.75, 3.05) is 5.75 Å². The normalized spacial score (nSPS) is 10.9. The van der Waals surface area contributed by atoms with Gasteiger partial charge in [0.25, 0.3) is 0 Å². The fraction of sp³-hybridized carbons (Fsp3) is 0.750. The standard InChI is InChI=1S/C8H15S/c1-2-3-4-5-6-7-8-9/h3-4H,2,5-8H2,1H3/b4-3-. The molecule has 1 heteroatoms. The molecular weight excluding hydrogens is 128 g/mol. The van der Waals surface area contributed by atoms with Crippen LogP contribution < -0.4 is 0 Å². The second-order valence-corrected chi connectivity index (χ2v) is 2.49. The Kier molecular flexibility index (Phi) is 8.17. The quantitative estimate of drug-likeness (QED) is 0.409.